The second-order valence-electron chi connectivity index (χ2n) is 1.88. The van der Waals surface area contributed by atoms with E-state index in [-0.39, 0.29) is 5.82 Å². The van der Waals surface area contributed by atoms with E-state index < -0.39 is 0 Å². The molecule has 1 N–H and O–H groups in total. The fourth-order valence-corrected chi connectivity index (χ4v) is 1.74. The summed E-state index contributed by atoms with van der Waals surface area (Å²) in [6.07, 6.45) is 0. The van der Waals surface area contributed by atoms with Crippen LogP contribution >= 0.6 is 27.9 Å². The van der Waals surface area contributed by atoms with Gasteiger partial charge in [-0.2, -0.15) is 0 Å². The van der Waals surface area contributed by atoms with E-state index >= 15 is 0 Å². The summed E-state index contributed by atoms with van der Waals surface area (Å²) < 4.78 is 16.1. The number of nitrogens with one attached hydrogen (secondary N) is 1. The third-order valence-corrected chi connectivity index (χ3v) is 2.41. The molecule has 60 valence electrons. The lowest BCUT2D eigenvalue weighted by atomic mass is 10.3. The molecule has 1 nitrogen and oxygen atoms in total. The molecule has 0 bridgehead atoms. The zero-order valence-corrected chi connectivity index (χ0v) is 8.30. The van der Waals surface area contributed by atoms with Gasteiger partial charge in [0, 0.05) is 4.90 Å². The average molecular weight is 236 g/mol. The molecule has 0 amide bonds. The Balaban J connectivity index is 2.86. The predicted molar refractivity (Wildman–Crippen MR) is 49.0 cm³/mol. The van der Waals surface area contributed by atoms with Gasteiger partial charge < -0.3 is 0 Å². The Morgan fingerprint density at radius 3 is 2.82 bits per heavy atom. The zero-order valence-electron chi connectivity index (χ0n) is 5.90. The van der Waals surface area contributed by atoms with E-state index in [0.717, 1.165) is 4.90 Å². The Bertz CT molecular complexity index is 254. The number of hydrogen-bond acceptors (Lipinski definition) is 2. The Hall–Kier alpha value is -0.0600. The van der Waals surface area contributed by atoms with Gasteiger partial charge in [0.1, 0.15) is 5.82 Å². The molecule has 0 saturated carbocycles. The molecule has 0 heterocycles. The number of hydrogen-bond donors (Lipinski definition) is 1. The zero-order chi connectivity index (χ0) is 8.27. The quantitative estimate of drug-likeness (QED) is 0.792. The minimum Gasteiger partial charge on any atom is -0.263 e. The van der Waals surface area contributed by atoms with Gasteiger partial charge in [-0.1, -0.05) is 0 Å². The van der Waals surface area contributed by atoms with Crippen LogP contribution in [-0.2, 0) is 0 Å². The van der Waals surface area contributed by atoms with E-state index in [9.17, 15) is 4.39 Å². The largest absolute Gasteiger partial charge is 0.263 e. The van der Waals surface area contributed by atoms with Gasteiger partial charge in [-0.15, -0.1) is 0 Å². The maximum absolute atomic E-state index is 12.7. The van der Waals surface area contributed by atoms with Crippen molar-refractivity contribution in [2.24, 2.45) is 0 Å². The van der Waals surface area contributed by atoms with Gasteiger partial charge in [0.05, 0.1) is 4.47 Å². The van der Waals surface area contributed by atoms with Crippen molar-refractivity contribution in [1.82, 2.24) is 4.72 Å². The monoisotopic (exact) mass is 235 g/mol. The second kappa shape index (κ2) is 4.09. The van der Waals surface area contributed by atoms with Crippen LogP contribution in [0.3, 0.4) is 0 Å². The minimum atomic E-state index is -0.231. The van der Waals surface area contributed by atoms with Crippen molar-refractivity contribution in [2.45, 2.75) is 4.90 Å². The van der Waals surface area contributed by atoms with Crippen molar-refractivity contribution in [3.63, 3.8) is 0 Å². The van der Waals surface area contributed by atoms with Gasteiger partial charge in [0.25, 0.3) is 0 Å². The standard InChI is InChI=1S/C7H7BrFNS/c1-10-11-5-2-3-7(9)6(8)4-5/h2-4,10H,1H3. The molecular weight excluding hydrogens is 229 g/mol. The SMILES string of the molecule is CNSc1ccc(F)c(Br)c1. The number of halogens is 2. The third-order valence-electron chi connectivity index (χ3n) is 1.11. The van der Waals surface area contributed by atoms with Crippen LogP contribution in [-0.4, -0.2) is 7.05 Å². The fourth-order valence-electron chi connectivity index (χ4n) is 0.658. The molecule has 0 aliphatic carbocycles. The number of benzene rings is 1. The van der Waals surface area contributed by atoms with Crippen LogP contribution in [0, 0.1) is 5.82 Å². The van der Waals surface area contributed by atoms with Gasteiger partial charge in [-0.3, -0.25) is 4.72 Å². The van der Waals surface area contributed by atoms with Gasteiger partial charge in [0.2, 0.25) is 0 Å². The molecule has 0 saturated heterocycles. The predicted octanol–water partition coefficient (Wildman–Crippen LogP) is 2.81. The summed E-state index contributed by atoms with van der Waals surface area (Å²) in [5, 5.41) is 0. The van der Waals surface area contributed by atoms with Gasteiger partial charge in [-0.05, 0) is 53.1 Å². The van der Waals surface area contributed by atoms with Crippen LogP contribution in [0.5, 0.6) is 0 Å². The lowest BCUT2D eigenvalue weighted by Gasteiger charge is -1.99. The molecule has 1 aromatic rings. The summed E-state index contributed by atoms with van der Waals surface area (Å²) in [4.78, 5) is 0.987. The normalized spacial score (nSPS) is 10.1. The topological polar surface area (TPSA) is 12.0 Å². The van der Waals surface area contributed by atoms with Crippen LogP contribution in [0.15, 0.2) is 27.6 Å². The molecule has 0 aromatic heterocycles. The third kappa shape index (κ3) is 2.47. The highest BCUT2D eigenvalue weighted by atomic mass is 79.9. The van der Waals surface area contributed by atoms with Gasteiger partial charge >= 0.3 is 0 Å². The number of rotatable bonds is 2. The Labute approximate surface area is 77.6 Å². The Morgan fingerprint density at radius 2 is 2.27 bits per heavy atom. The summed E-state index contributed by atoms with van der Waals surface area (Å²) in [5.41, 5.74) is 0. The maximum Gasteiger partial charge on any atom is 0.137 e. The first-order valence-corrected chi connectivity index (χ1v) is 4.63. The van der Waals surface area contributed by atoms with Crippen LogP contribution in [0.2, 0.25) is 0 Å². The molecule has 0 aliphatic heterocycles. The van der Waals surface area contributed by atoms with E-state index in [2.05, 4.69) is 20.7 Å². The fraction of sp³-hybridized carbons (Fsp3) is 0.143. The van der Waals surface area contributed by atoms with Crippen molar-refractivity contribution in [2.75, 3.05) is 7.05 Å². The molecule has 0 fully saturated rings. The average Bonchev–Trinajstić information content (AvgIpc) is 1.98. The van der Waals surface area contributed by atoms with E-state index in [1.54, 1.807) is 12.1 Å². The van der Waals surface area contributed by atoms with Crippen molar-refractivity contribution < 1.29 is 4.39 Å². The lowest BCUT2D eigenvalue weighted by molar-refractivity contribution is 0.619. The van der Waals surface area contributed by atoms with Gasteiger partial charge in [-0.25, -0.2) is 4.39 Å². The summed E-state index contributed by atoms with van der Waals surface area (Å²) >= 11 is 4.55. The van der Waals surface area contributed by atoms with Crippen molar-refractivity contribution in [3.05, 3.63) is 28.5 Å². The molecule has 0 atom stereocenters. The van der Waals surface area contributed by atoms with E-state index in [1.807, 2.05) is 7.05 Å². The molecule has 1 rings (SSSR count). The Kier molecular flexibility index (Phi) is 3.36. The summed E-state index contributed by atoms with van der Waals surface area (Å²) in [5.74, 6) is -0.231. The molecule has 0 unspecified atom stereocenters. The Morgan fingerprint density at radius 1 is 1.55 bits per heavy atom. The van der Waals surface area contributed by atoms with Crippen LogP contribution < -0.4 is 4.72 Å². The minimum absolute atomic E-state index is 0.231. The highest BCUT2D eigenvalue weighted by Gasteiger charge is 1.99. The molecule has 1 aromatic carbocycles. The highest BCUT2D eigenvalue weighted by molar-refractivity contribution is 9.10. The summed E-state index contributed by atoms with van der Waals surface area (Å²) in [7, 11) is 1.82. The van der Waals surface area contributed by atoms with Gasteiger partial charge in [0.15, 0.2) is 0 Å². The van der Waals surface area contributed by atoms with E-state index in [1.165, 1.54) is 18.0 Å². The highest BCUT2D eigenvalue weighted by Crippen LogP contribution is 2.21. The van der Waals surface area contributed by atoms with Crippen molar-refractivity contribution >= 4 is 27.9 Å². The smallest absolute Gasteiger partial charge is 0.137 e. The lowest BCUT2D eigenvalue weighted by Crippen LogP contribution is -1.90. The van der Waals surface area contributed by atoms with Crippen molar-refractivity contribution in [3.8, 4) is 0 Å². The van der Waals surface area contributed by atoms with Crippen molar-refractivity contribution in [1.29, 1.82) is 0 Å². The molecule has 0 radical (unpaired) electrons. The first-order chi connectivity index (χ1) is 5.24. The van der Waals surface area contributed by atoms with Crippen LogP contribution in [0.1, 0.15) is 0 Å². The first-order valence-electron chi connectivity index (χ1n) is 3.02. The summed E-state index contributed by atoms with van der Waals surface area (Å²) in [6, 6.07) is 4.89. The van der Waals surface area contributed by atoms with Crippen LogP contribution in [0.25, 0.3) is 0 Å². The molecule has 11 heavy (non-hydrogen) atoms. The molecule has 0 spiro atoms. The first kappa shape index (κ1) is 9.03. The molecule has 0 aliphatic rings. The molecule has 4 heteroatoms. The maximum atomic E-state index is 12.7. The second-order valence-corrected chi connectivity index (χ2v) is 3.82. The van der Waals surface area contributed by atoms with Crippen LogP contribution in [0.4, 0.5) is 4.39 Å². The summed E-state index contributed by atoms with van der Waals surface area (Å²) in [6.45, 7) is 0. The van der Waals surface area contributed by atoms with E-state index in [4.69, 9.17) is 0 Å². The van der Waals surface area contributed by atoms with E-state index in [0.29, 0.717) is 4.47 Å². The molecular formula is C7H7BrFNS.